The van der Waals surface area contributed by atoms with Crippen LogP contribution in [-0.4, -0.2) is 15.0 Å². The van der Waals surface area contributed by atoms with Gasteiger partial charge in [-0.15, -0.1) is 0 Å². The molecule has 0 unspecified atom stereocenters. The van der Waals surface area contributed by atoms with Crippen molar-refractivity contribution < 1.29 is 12.8 Å². The lowest BCUT2D eigenvalue weighted by Crippen LogP contribution is -2.24. The fraction of sp³-hybridized carbons (Fsp3) is 0.600. The largest absolute Gasteiger partial charge is 0.468 e. The molecule has 86 valence electrons. The highest BCUT2D eigenvalue weighted by atomic mass is 32.2. The predicted octanol–water partition coefficient (Wildman–Crippen LogP) is 1.97. The molecule has 4 nitrogen and oxygen atoms in total. The molecule has 0 saturated carbocycles. The lowest BCUT2D eigenvalue weighted by Gasteiger charge is -2.04. The summed E-state index contributed by atoms with van der Waals surface area (Å²) in [5.41, 5.74) is 0.680. The topological polar surface area (TPSA) is 59.3 Å². The van der Waals surface area contributed by atoms with Gasteiger partial charge in [0.2, 0.25) is 10.0 Å². The third-order valence-corrected chi connectivity index (χ3v) is 3.92. The van der Waals surface area contributed by atoms with Gasteiger partial charge in [-0.2, -0.15) is 0 Å². The molecule has 1 aromatic rings. The fourth-order valence-corrected chi connectivity index (χ4v) is 2.51. The molecule has 1 N–H and O–H groups in total. The van der Waals surface area contributed by atoms with Crippen molar-refractivity contribution in [2.24, 2.45) is 0 Å². The van der Waals surface area contributed by atoms with Crippen molar-refractivity contribution in [3.05, 3.63) is 17.6 Å². The fourth-order valence-electron chi connectivity index (χ4n) is 1.22. The van der Waals surface area contributed by atoms with E-state index in [1.165, 1.54) is 6.26 Å². The standard InChI is InChI=1S/C10H17NO3S/c1-4-5-6-11-15(12,13)10-7-14-9(3)8(10)2/h7,11H,4-6H2,1-3H3. The highest BCUT2D eigenvalue weighted by Crippen LogP contribution is 2.19. The summed E-state index contributed by atoms with van der Waals surface area (Å²) in [6.07, 6.45) is 3.10. The number of unbranched alkanes of at least 4 members (excludes halogenated alkanes) is 1. The number of furan rings is 1. The zero-order chi connectivity index (χ0) is 11.5. The summed E-state index contributed by atoms with van der Waals surface area (Å²) in [5.74, 6) is 0.644. The Bertz CT molecular complexity index is 420. The number of rotatable bonds is 5. The first-order chi connectivity index (χ1) is 6.99. The molecule has 1 aromatic heterocycles. The Morgan fingerprint density at radius 1 is 1.40 bits per heavy atom. The third kappa shape index (κ3) is 2.82. The molecule has 1 rings (SSSR count). The van der Waals surface area contributed by atoms with Crippen LogP contribution in [0.4, 0.5) is 0 Å². The van der Waals surface area contributed by atoms with Crippen LogP contribution in [0, 0.1) is 13.8 Å². The molecule has 0 aliphatic heterocycles. The van der Waals surface area contributed by atoms with Crippen LogP contribution < -0.4 is 4.72 Å². The van der Waals surface area contributed by atoms with Crippen molar-refractivity contribution >= 4 is 10.0 Å². The van der Waals surface area contributed by atoms with Crippen molar-refractivity contribution in [2.75, 3.05) is 6.54 Å². The highest BCUT2D eigenvalue weighted by molar-refractivity contribution is 7.89. The van der Waals surface area contributed by atoms with Crippen LogP contribution in [0.15, 0.2) is 15.6 Å². The Morgan fingerprint density at radius 3 is 2.53 bits per heavy atom. The predicted molar refractivity (Wildman–Crippen MR) is 58.3 cm³/mol. The van der Waals surface area contributed by atoms with Gasteiger partial charge in [-0.1, -0.05) is 13.3 Å². The van der Waals surface area contributed by atoms with Crippen molar-refractivity contribution in [1.29, 1.82) is 0 Å². The van der Waals surface area contributed by atoms with Crippen molar-refractivity contribution in [3.8, 4) is 0 Å². The van der Waals surface area contributed by atoms with Crippen LogP contribution in [0.3, 0.4) is 0 Å². The molecule has 0 saturated heterocycles. The smallest absolute Gasteiger partial charge is 0.244 e. The molecule has 5 heteroatoms. The molecule has 0 radical (unpaired) electrons. The Balaban J connectivity index is 2.82. The second-order valence-electron chi connectivity index (χ2n) is 3.53. The van der Waals surface area contributed by atoms with Gasteiger partial charge in [0.1, 0.15) is 16.9 Å². The minimum absolute atomic E-state index is 0.246. The maximum absolute atomic E-state index is 11.8. The molecule has 1 heterocycles. The van der Waals surface area contributed by atoms with Gasteiger partial charge in [-0.25, -0.2) is 13.1 Å². The van der Waals surface area contributed by atoms with Gasteiger partial charge in [0, 0.05) is 12.1 Å². The molecule has 0 aliphatic carbocycles. The van der Waals surface area contributed by atoms with Crippen molar-refractivity contribution in [1.82, 2.24) is 4.72 Å². The number of hydrogen-bond acceptors (Lipinski definition) is 3. The first-order valence-corrected chi connectivity index (χ1v) is 6.51. The summed E-state index contributed by atoms with van der Waals surface area (Å²) >= 11 is 0. The molecule has 0 spiro atoms. The van der Waals surface area contributed by atoms with Gasteiger partial charge in [0.05, 0.1) is 0 Å². The summed E-state index contributed by atoms with van der Waals surface area (Å²) in [6, 6.07) is 0. The van der Waals surface area contributed by atoms with E-state index >= 15 is 0 Å². The molecule has 0 aliphatic rings. The zero-order valence-electron chi connectivity index (χ0n) is 9.33. The van der Waals surface area contributed by atoms with E-state index in [1.807, 2.05) is 6.92 Å². The Hall–Kier alpha value is -0.810. The lowest BCUT2D eigenvalue weighted by atomic mass is 10.3. The molecule has 0 fully saturated rings. The number of aryl methyl sites for hydroxylation is 1. The van der Waals surface area contributed by atoms with E-state index in [0.29, 0.717) is 17.9 Å². The Labute approximate surface area is 90.7 Å². The first kappa shape index (κ1) is 12.3. The van der Waals surface area contributed by atoms with Crippen LogP contribution in [0.5, 0.6) is 0 Å². The Kier molecular flexibility index (Phi) is 3.93. The average Bonchev–Trinajstić information content (AvgIpc) is 2.48. The van der Waals surface area contributed by atoms with Crippen LogP contribution >= 0.6 is 0 Å². The van der Waals surface area contributed by atoms with Gasteiger partial charge in [0.15, 0.2) is 0 Å². The van der Waals surface area contributed by atoms with Crippen LogP contribution in [0.2, 0.25) is 0 Å². The van der Waals surface area contributed by atoms with E-state index in [1.54, 1.807) is 13.8 Å². The first-order valence-electron chi connectivity index (χ1n) is 5.03. The van der Waals surface area contributed by atoms with Crippen LogP contribution in [0.1, 0.15) is 31.1 Å². The lowest BCUT2D eigenvalue weighted by molar-refractivity contribution is 0.525. The molecule has 15 heavy (non-hydrogen) atoms. The number of sulfonamides is 1. The Morgan fingerprint density at radius 2 is 2.07 bits per heavy atom. The summed E-state index contributed by atoms with van der Waals surface area (Å²) in [4.78, 5) is 0.246. The minimum atomic E-state index is -3.39. The summed E-state index contributed by atoms with van der Waals surface area (Å²) in [5, 5.41) is 0. The van der Waals surface area contributed by atoms with E-state index < -0.39 is 10.0 Å². The third-order valence-electron chi connectivity index (χ3n) is 2.35. The normalized spacial score (nSPS) is 11.9. The summed E-state index contributed by atoms with van der Waals surface area (Å²) < 4.78 is 31.2. The number of nitrogens with one attached hydrogen (secondary N) is 1. The maximum Gasteiger partial charge on any atom is 0.244 e. The van der Waals surface area contributed by atoms with E-state index in [9.17, 15) is 8.42 Å². The molecular formula is C10H17NO3S. The summed E-state index contributed by atoms with van der Waals surface area (Å²) in [7, 11) is -3.39. The second-order valence-corrected chi connectivity index (χ2v) is 5.27. The quantitative estimate of drug-likeness (QED) is 0.788. The minimum Gasteiger partial charge on any atom is -0.468 e. The van der Waals surface area contributed by atoms with E-state index in [2.05, 4.69) is 4.72 Å². The molecule has 0 aromatic carbocycles. The van der Waals surface area contributed by atoms with Gasteiger partial charge < -0.3 is 4.42 Å². The zero-order valence-corrected chi connectivity index (χ0v) is 10.1. The highest BCUT2D eigenvalue weighted by Gasteiger charge is 2.19. The molecular weight excluding hydrogens is 214 g/mol. The average molecular weight is 231 g/mol. The SMILES string of the molecule is CCCCNS(=O)(=O)c1coc(C)c1C. The van der Waals surface area contributed by atoms with Crippen LogP contribution in [-0.2, 0) is 10.0 Å². The second kappa shape index (κ2) is 4.81. The van der Waals surface area contributed by atoms with Gasteiger partial charge in [-0.3, -0.25) is 0 Å². The monoisotopic (exact) mass is 231 g/mol. The molecule has 0 atom stereocenters. The number of hydrogen-bond donors (Lipinski definition) is 1. The summed E-state index contributed by atoms with van der Waals surface area (Å²) in [6.45, 7) is 5.98. The van der Waals surface area contributed by atoms with Gasteiger partial charge in [-0.05, 0) is 20.3 Å². The van der Waals surface area contributed by atoms with Crippen molar-refractivity contribution in [2.45, 2.75) is 38.5 Å². The van der Waals surface area contributed by atoms with Gasteiger partial charge >= 0.3 is 0 Å². The maximum atomic E-state index is 11.8. The van der Waals surface area contributed by atoms with Crippen molar-refractivity contribution in [3.63, 3.8) is 0 Å². The molecule has 0 amide bonds. The van der Waals surface area contributed by atoms with E-state index in [0.717, 1.165) is 12.8 Å². The van der Waals surface area contributed by atoms with E-state index in [-0.39, 0.29) is 4.90 Å². The van der Waals surface area contributed by atoms with Gasteiger partial charge in [0.25, 0.3) is 0 Å². The van der Waals surface area contributed by atoms with Crippen LogP contribution in [0.25, 0.3) is 0 Å². The van der Waals surface area contributed by atoms with E-state index in [4.69, 9.17) is 4.42 Å². The molecule has 0 bridgehead atoms.